The van der Waals surface area contributed by atoms with E-state index in [1.54, 1.807) is 31.6 Å². The van der Waals surface area contributed by atoms with E-state index in [9.17, 15) is 9.90 Å². The molecular weight excluding hydrogens is 302 g/mol. The van der Waals surface area contributed by atoms with Crippen LogP contribution in [0.2, 0.25) is 5.02 Å². The number of nitrogens with zero attached hydrogens (tertiary/aromatic N) is 3. The van der Waals surface area contributed by atoms with E-state index in [4.69, 9.17) is 11.6 Å². The van der Waals surface area contributed by atoms with E-state index in [0.717, 1.165) is 5.69 Å². The topological polar surface area (TPSA) is 58.4 Å². The summed E-state index contributed by atoms with van der Waals surface area (Å²) in [7, 11) is 1.66. The molecule has 0 fully saturated rings. The van der Waals surface area contributed by atoms with Crippen molar-refractivity contribution in [2.45, 2.75) is 26.4 Å². The first kappa shape index (κ1) is 16.5. The summed E-state index contributed by atoms with van der Waals surface area (Å²) in [6.07, 6.45) is 1.53. The molecule has 5 nitrogen and oxygen atoms in total. The van der Waals surface area contributed by atoms with Crippen LogP contribution in [0.3, 0.4) is 0 Å². The number of likely N-dealkylation sites (N-methyl/N-ethyl adjacent to an activating group) is 1. The molecule has 0 aliphatic carbocycles. The molecule has 0 aliphatic rings. The second-order valence-electron chi connectivity index (χ2n) is 5.98. The van der Waals surface area contributed by atoms with Gasteiger partial charge in [-0.2, -0.15) is 5.10 Å². The van der Waals surface area contributed by atoms with Crippen LogP contribution in [-0.2, 0) is 0 Å². The second kappa shape index (κ2) is 6.10. The maximum atomic E-state index is 12.5. The zero-order valence-electron chi connectivity index (χ0n) is 13.2. The summed E-state index contributed by atoms with van der Waals surface area (Å²) in [5.74, 6) is -0.182. The van der Waals surface area contributed by atoms with Gasteiger partial charge in [0.1, 0.15) is 0 Å². The number of carbonyl (C=O) groups excluding carboxylic acids is 1. The van der Waals surface area contributed by atoms with E-state index in [-0.39, 0.29) is 12.5 Å². The van der Waals surface area contributed by atoms with Gasteiger partial charge in [-0.25, -0.2) is 4.68 Å². The first-order valence-electron chi connectivity index (χ1n) is 6.98. The van der Waals surface area contributed by atoms with Crippen LogP contribution in [0.15, 0.2) is 30.5 Å². The molecule has 1 aromatic carbocycles. The summed E-state index contributed by atoms with van der Waals surface area (Å²) in [6.45, 7) is 5.39. The molecule has 22 heavy (non-hydrogen) atoms. The summed E-state index contributed by atoms with van der Waals surface area (Å²) in [6, 6.07) is 7.33. The SMILES string of the molecule is Cc1c(C(=O)N(C)CC(C)(C)O)cnn1-c1ccccc1Cl. The second-order valence-corrected chi connectivity index (χ2v) is 6.39. The number of rotatable bonds is 4. The third-order valence-corrected chi connectivity index (χ3v) is 3.61. The van der Waals surface area contributed by atoms with Gasteiger partial charge in [-0.05, 0) is 32.9 Å². The van der Waals surface area contributed by atoms with Crippen LogP contribution < -0.4 is 0 Å². The van der Waals surface area contributed by atoms with Crippen molar-refractivity contribution in [3.8, 4) is 5.69 Å². The number of benzene rings is 1. The summed E-state index contributed by atoms with van der Waals surface area (Å²) in [5.41, 5.74) is 0.982. The van der Waals surface area contributed by atoms with Crippen molar-refractivity contribution in [1.29, 1.82) is 0 Å². The van der Waals surface area contributed by atoms with Crippen molar-refractivity contribution in [2.24, 2.45) is 0 Å². The third kappa shape index (κ3) is 3.48. The lowest BCUT2D eigenvalue weighted by molar-refractivity contribution is 0.0367. The summed E-state index contributed by atoms with van der Waals surface area (Å²) < 4.78 is 1.65. The molecule has 0 saturated carbocycles. The molecule has 0 aliphatic heterocycles. The minimum absolute atomic E-state index is 0.182. The largest absolute Gasteiger partial charge is 0.389 e. The molecule has 118 valence electrons. The molecule has 2 aromatic rings. The van der Waals surface area contributed by atoms with E-state index in [2.05, 4.69) is 5.10 Å². The molecule has 6 heteroatoms. The maximum Gasteiger partial charge on any atom is 0.257 e. The first-order valence-corrected chi connectivity index (χ1v) is 7.36. The Morgan fingerprint density at radius 2 is 2.05 bits per heavy atom. The zero-order chi connectivity index (χ0) is 16.5. The van der Waals surface area contributed by atoms with Gasteiger partial charge in [0, 0.05) is 13.6 Å². The van der Waals surface area contributed by atoms with Crippen LogP contribution in [0.4, 0.5) is 0 Å². The highest BCUT2D eigenvalue weighted by molar-refractivity contribution is 6.32. The van der Waals surface area contributed by atoms with Gasteiger partial charge in [-0.1, -0.05) is 23.7 Å². The molecule has 0 saturated heterocycles. The van der Waals surface area contributed by atoms with Crippen LogP contribution >= 0.6 is 11.6 Å². The first-order chi connectivity index (χ1) is 10.2. The summed E-state index contributed by atoms with van der Waals surface area (Å²) in [4.78, 5) is 14.0. The van der Waals surface area contributed by atoms with Gasteiger partial charge >= 0.3 is 0 Å². The Kier molecular flexibility index (Phi) is 4.58. The Morgan fingerprint density at radius 1 is 1.41 bits per heavy atom. The number of hydrogen-bond donors (Lipinski definition) is 1. The average molecular weight is 322 g/mol. The minimum Gasteiger partial charge on any atom is -0.389 e. The molecule has 2 rings (SSSR count). The number of hydrogen-bond acceptors (Lipinski definition) is 3. The smallest absolute Gasteiger partial charge is 0.257 e. The minimum atomic E-state index is -0.947. The Morgan fingerprint density at radius 3 is 2.64 bits per heavy atom. The Bertz CT molecular complexity index is 689. The molecule has 1 N–H and O–H groups in total. The predicted octanol–water partition coefficient (Wildman–Crippen LogP) is 2.68. The molecule has 1 aromatic heterocycles. The fourth-order valence-electron chi connectivity index (χ4n) is 2.34. The number of halogens is 1. The number of aliphatic hydroxyl groups is 1. The number of para-hydroxylation sites is 1. The molecule has 1 heterocycles. The van der Waals surface area contributed by atoms with Gasteiger partial charge in [-0.15, -0.1) is 0 Å². The van der Waals surface area contributed by atoms with Crippen molar-refractivity contribution < 1.29 is 9.90 Å². The van der Waals surface area contributed by atoms with Gasteiger partial charge in [-0.3, -0.25) is 4.79 Å². The lowest BCUT2D eigenvalue weighted by atomic mass is 10.1. The number of carbonyl (C=O) groups is 1. The normalized spacial score (nSPS) is 11.5. The number of aromatic nitrogens is 2. The Balaban J connectivity index is 2.32. The molecule has 0 atom stereocenters. The highest BCUT2D eigenvalue weighted by Crippen LogP contribution is 2.22. The fraction of sp³-hybridized carbons (Fsp3) is 0.375. The van der Waals surface area contributed by atoms with Crippen LogP contribution in [0.5, 0.6) is 0 Å². The molecule has 0 unspecified atom stereocenters. The van der Waals surface area contributed by atoms with Gasteiger partial charge < -0.3 is 10.0 Å². The lowest BCUT2D eigenvalue weighted by Gasteiger charge is -2.25. The van der Waals surface area contributed by atoms with Crippen molar-refractivity contribution in [2.75, 3.05) is 13.6 Å². The molecule has 1 amide bonds. The van der Waals surface area contributed by atoms with Crippen molar-refractivity contribution >= 4 is 17.5 Å². The number of amides is 1. The fourth-order valence-corrected chi connectivity index (χ4v) is 2.56. The van der Waals surface area contributed by atoms with Crippen LogP contribution in [0.1, 0.15) is 29.9 Å². The highest BCUT2D eigenvalue weighted by Gasteiger charge is 2.23. The summed E-state index contributed by atoms with van der Waals surface area (Å²) in [5, 5.41) is 14.7. The van der Waals surface area contributed by atoms with Crippen molar-refractivity contribution in [3.63, 3.8) is 0 Å². The van der Waals surface area contributed by atoms with Crippen molar-refractivity contribution in [1.82, 2.24) is 14.7 Å². The average Bonchev–Trinajstić information content (AvgIpc) is 2.78. The predicted molar refractivity (Wildman–Crippen MR) is 86.6 cm³/mol. The molecular formula is C16H20ClN3O2. The van der Waals surface area contributed by atoms with Gasteiger partial charge in [0.15, 0.2) is 0 Å². The third-order valence-electron chi connectivity index (χ3n) is 3.29. The maximum absolute atomic E-state index is 12.5. The van der Waals surface area contributed by atoms with Gasteiger partial charge in [0.2, 0.25) is 0 Å². The van der Waals surface area contributed by atoms with E-state index < -0.39 is 5.60 Å². The molecule has 0 radical (unpaired) electrons. The monoisotopic (exact) mass is 321 g/mol. The van der Waals surface area contributed by atoms with E-state index >= 15 is 0 Å². The van der Waals surface area contributed by atoms with E-state index in [1.807, 2.05) is 25.1 Å². The van der Waals surface area contributed by atoms with Crippen molar-refractivity contribution in [3.05, 3.63) is 46.7 Å². The molecule has 0 bridgehead atoms. The quantitative estimate of drug-likeness (QED) is 0.942. The van der Waals surface area contributed by atoms with Crippen LogP contribution in [0, 0.1) is 6.92 Å². The lowest BCUT2D eigenvalue weighted by Crippen LogP contribution is -2.39. The van der Waals surface area contributed by atoms with Crippen LogP contribution in [0.25, 0.3) is 5.69 Å². The van der Waals surface area contributed by atoms with Gasteiger partial charge in [0.05, 0.1) is 33.8 Å². The highest BCUT2D eigenvalue weighted by atomic mass is 35.5. The van der Waals surface area contributed by atoms with E-state index in [1.165, 1.54) is 11.1 Å². The standard InChI is InChI=1S/C16H20ClN3O2/c1-11-12(15(21)19(4)10-16(2,3)22)9-18-20(11)14-8-6-5-7-13(14)17/h5-9,22H,10H2,1-4H3. The Labute approximate surface area is 135 Å². The molecule has 0 spiro atoms. The van der Waals surface area contributed by atoms with E-state index in [0.29, 0.717) is 16.3 Å². The zero-order valence-corrected chi connectivity index (χ0v) is 13.9. The summed E-state index contributed by atoms with van der Waals surface area (Å²) >= 11 is 6.18. The van der Waals surface area contributed by atoms with Crippen LogP contribution in [-0.4, -0.2) is 44.9 Å². The van der Waals surface area contributed by atoms with Gasteiger partial charge in [0.25, 0.3) is 5.91 Å². The Hall–Kier alpha value is -1.85.